The number of ether oxygens (including phenoxy) is 1. The van der Waals surface area contributed by atoms with E-state index in [0.717, 1.165) is 35.6 Å². The highest BCUT2D eigenvalue weighted by Crippen LogP contribution is 2.29. The monoisotopic (exact) mass is 468 g/mol. The second-order valence-corrected chi connectivity index (χ2v) is 8.74. The summed E-state index contributed by atoms with van der Waals surface area (Å²) >= 11 is 6.19. The maximum atomic E-state index is 13.1. The average molecular weight is 469 g/mol. The van der Waals surface area contributed by atoms with Gasteiger partial charge in [0.05, 0.1) is 29.1 Å². The van der Waals surface area contributed by atoms with E-state index < -0.39 is 0 Å². The molecule has 9 heteroatoms. The first kappa shape index (κ1) is 23.2. The minimum Gasteiger partial charge on any atom is -0.383 e. The van der Waals surface area contributed by atoms with Crippen LogP contribution in [0.3, 0.4) is 0 Å². The largest absolute Gasteiger partial charge is 0.383 e. The second-order valence-electron chi connectivity index (χ2n) is 8.31. The summed E-state index contributed by atoms with van der Waals surface area (Å²) in [6.07, 6.45) is 3.44. The number of carbonyl (C=O) groups is 1. The number of benzene rings is 1. The molecule has 3 heterocycles. The summed E-state index contributed by atoms with van der Waals surface area (Å²) in [5.74, 6) is 0.729. The first-order valence-electron chi connectivity index (χ1n) is 11.0. The molecule has 8 nitrogen and oxygen atoms in total. The Hall–Kier alpha value is -2.94. The van der Waals surface area contributed by atoms with Crippen molar-refractivity contribution in [1.29, 1.82) is 0 Å². The first-order valence-corrected chi connectivity index (χ1v) is 11.3. The molecule has 2 atom stereocenters. The number of carbonyl (C=O) groups excluding carboxylic acids is 1. The van der Waals surface area contributed by atoms with Crippen LogP contribution in [0.25, 0.3) is 5.69 Å². The number of para-hydroxylation sites is 1. The molecule has 0 unspecified atom stereocenters. The van der Waals surface area contributed by atoms with Gasteiger partial charge in [-0.3, -0.25) is 15.2 Å². The fourth-order valence-corrected chi connectivity index (χ4v) is 4.41. The van der Waals surface area contributed by atoms with Crippen LogP contribution in [0.5, 0.6) is 0 Å². The van der Waals surface area contributed by atoms with Gasteiger partial charge in [-0.2, -0.15) is 5.10 Å². The van der Waals surface area contributed by atoms with Crippen LogP contribution in [0.15, 0.2) is 48.8 Å². The number of rotatable bonds is 7. The quantitative estimate of drug-likeness (QED) is 0.551. The summed E-state index contributed by atoms with van der Waals surface area (Å²) in [5, 5.41) is 11.4. The van der Waals surface area contributed by atoms with Crippen LogP contribution in [0.2, 0.25) is 5.02 Å². The Kier molecular flexibility index (Phi) is 7.27. The Morgan fingerprint density at radius 3 is 2.73 bits per heavy atom. The summed E-state index contributed by atoms with van der Waals surface area (Å²) in [6, 6.07) is 11.3. The third-order valence-corrected chi connectivity index (χ3v) is 6.28. The molecule has 0 bridgehead atoms. The normalized spacial score (nSPS) is 18.4. The number of likely N-dealkylation sites (tertiary alicyclic amines) is 1. The molecule has 3 aromatic rings. The molecule has 2 aromatic heterocycles. The average Bonchev–Trinajstić information content (AvgIpc) is 3.34. The Morgan fingerprint density at radius 1 is 1.21 bits per heavy atom. The number of aromatic nitrogens is 3. The number of hydrogen-bond donors (Lipinski definition) is 2. The number of aryl methyl sites for hydroxylation is 1. The lowest BCUT2D eigenvalue weighted by Crippen LogP contribution is -2.42. The predicted octanol–water partition coefficient (Wildman–Crippen LogP) is 3.77. The predicted molar refractivity (Wildman–Crippen MR) is 129 cm³/mol. The fraction of sp³-hybridized carbons (Fsp3) is 0.375. The van der Waals surface area contributed by atoms with Crippen LogP contribution in [0, 0.1) is 13.8 Å². The molecule has 1 aliphatic heterocycles. The molecule has 33 heavy (non-hydrogen) atoms. The first-order chi connectivity index (χ1) is 16.0. The lowest BCUT2D eigenvalue weighted by atomic mass is 9.96. The highest BCUT2D eigenvalue weighted by atomic mass is 35.5. The summed E-state index contributed by atoms with van der Waals surface area (Å²) < 4.78 is 7.01. The van der Waals surface area contributed by atoms with E-state index in [1.807, 2.05) is 56.4 Å². The Labute approximate surface area is 198 Å². The number of methoxy groups -OCH3 is 1. The van der Waals surface area contributed by atoms with Gasteiger partial charge in [-0.25, -0.2) is 9.48 Å². The molecule has 2 amide bonds. The lowest BCUT2D eigenvalue weighted by molar-refractivity contribution is 0.159. The van der Waals surface area contributed by atoms with Crippen LogP contribution in [-0.2, 0) is 4.74 Å². The van der Waals surface area contributed by atoms with Crippen LogP contribution >= 0.6 is 11.6 Å². The molecule has 1 fully saturated rings. The van der Waals surface area contributed by atoms with Gasteiger partial charge in [0.1, 0.15) is 5.82 Å². The number of halogens is 1. The van der Waals surface area contributed by atoms with Crippen molar-refractivity contribution in [2.75, 3.05) is 38.7 Å². The van der Waals surface area contributed by atoms with Gasteiger partial charge in [-0.15, -0.1) is 0 Å². The SMILES string of the molecule is COCCN1C[C@H](NC(=O)Nc2c(C)c(C)nn2-c2ccccc2)[C@@H](c2cncc(Cl)c2)C1. The number of hydrogen-bond acceptors (Lipinski definition) is 5. The molecule has 174 valence electrons. The van der Waals surface area contributed by atoms with E-state index in [4.69, 9.17) is 16.3 Å². The van der Waals surface area contributed by atoms with E-state index >= 15 is 0 Å². The Balaban J connectivity index is 1.53. The maximum absolute atomic E-state index is 13.1. The van der Waals surface area contributed by atoms with Crippen molar-refractivity contribution in [3.05, 3.63) is 70.6 Å². The number of amides is 2. The highest BCUT2D eigenvalue weighted by Gasteiger charge is 2.35. The Bertz CT molecular complexity index is 1100. The molecule has 0 radical (unpaired) electrons. The Morgan fingerprint density at radius 2 is 2.00 bits per heavy atom. The zero-order valence-electron chi connectivity index (χ0n) is 19.1. The zero-order valence-corrected chi connectivity index (χ0v) is 19.8. The molecular weight excluding hydrogens is 440 g/mol. The van der Waals surface area contributed by atoms with E-state index in [1.165, 1.54) is 0 Å². The van der Waals surface area contributed by atoms with Crippen LogP contribution < -0.4 is 10.6 Å². The van der Waals surface area contributed by atoms with Gasteiger partial charge in [0.2, 0.25) is 0 Å². The molecule has 1 aliphatic rings. The molecule has 2 N–H and O–H groups in total. The van der Waals surface area contributed by atoms with E-state index in [2.05, 4.69) is 25.6 Å². The molecule has 4 rings (SSSR count). The summed E-state index contributed by atoms with van der Waals surface area (Å²) in [6.45, 7) is 6.82. The van der Waals surface area contributed by atoms with Crippen molar-refractivity contribution >= 4 is 23.4 Å². The van der Waals surface area contributed by atoms with E-state index in [1.54, 1.807) is 18.0 Å². The number of anilines is 1. The van der Waals surface area contributed by atoms with Crippen molar-refractivity contribution in [2.24, 2.45) is 0 Å². The summed E-state index contributed by atoms with van der Waals surface area (Å²) in [4.78, 5) is 19.7. The maximum Gasteiger partial charge on any atom is 0.320 e. The van der Waals surface area contributed by atoms with E-state index in [9.17, 15) is 4.79 Å². The van der Waals surface area contributed by atoms with Crippen molar-refractivity contribution in [2.45, 2.75) is 25.8 Å². The van der Waals surface area contributed by atoms with Gasteiger partial charge in [-0.05, 0) is 37.6 Å². The molecule has 0 spiro atoms. The second kappa shape index (κ2) is 10.3. The van der Waals surface area contributed by atoms with Crippen LogP contribution in [0.1, 0.15) is 22.7 Å². The van der Waals surface area contributed by atoms with Gasteiger partial charge >= 0.3 is 6.03 Å². The van der Waals surface area contributed by atoms with Crippen molar-refractivity contribution in [3.8, 4) is 5.69 Å². The van der Waals surface area contributed by atoms with Crippen molar-refractivity contribution in [3.63, 3.8) is 0 Å². The minimum absolute atomic E-state index is 0.0701. The molecule has 1 saturated heterocycles. The fourth-order valence-electron chi connectivity index (χ4n) is 4.22. The third-order valence-electron chi connectivity index (χ3n) is 6.07. The number of nitrogens with zero attached hydrogens (tertiary/aromatic N) is 4. The number of urea groups is 1. The molecule has 0 aliphatic carbocycles. The van der Waals surface area contributed by atoms with Gasteiger partial charge in [0.15, 0.2) is 0 Å². The van der Waals surface area contributed by atoms with Gasteiger partial charge in [-0.1, -0.05) is 29.8 Å². The van der Waals surface area contributed by atoms with E-state index in [0.29, 0.717) is 24.0 Å². The van der Waals surface area contributed by atoms with Gasteiger partial charge in [0, 0.05) is 50.6 Å². The number of pyridine rings is 1. The van der Waals surface area contributed by atoms with Crippen molar-refractivity contribution in [1.82, 2.24) is 25.0 Å². The third kappa shape index (κ3) is 5.35. The van der Waals surface area contributed by atoms with Gasteiger partial charge in [0.25, 0.3) is 0 Å². The van der Waals surface area contributed by atoms with E-state index in [-0.39, 0.29) is 18.0 Å². The molecule has 1 aromatic carbocycles. The highest BCUT2D eigenvalue weighted by molar-refractivity contribution is 6.30. The summed E-state index contributed by atoms with van der Waals surface area (Å²) in [5.41, 5.74) is 3.69. The molecule has 0 saturated carbocycles. The summed E-state index contributed by atoms with van der Waals surface area (Å²) in [7, 11) is 1.69. The van der Waals surface area contributed by atoms with Crippen LogP contribution in [0.4, 0.5) is 10.6 Å². The zero-order chi connectivity index (χ0) is 23.4. The lowest BCUT2D eigenvalue weighted by Gasteiger charge is -2.21. The van der Waals surface area contributed by atoms with Gasteiger partial charge < -0.3 is 10.1 Å². The molecular formula is C24H29ClN6O2. The van der Waals surface area contributed by atoms with Crippen molar-refractivity contribution < 1.29 is 9.53 Å². The standard InChI is InChI=1S/C24H29ClN6O2/c1-16-17(2)29-31(20-7-5-4-6-8-20)23(16)28-24(32)27-22-15-30(9-10-33-3)14-21(22)18-11-19(25)13-26-12-18/h4-8,11-13,21-22H,9-10,14-15H2,1-3H3,(H2,27,28,32)/t21-,22+/m1/s1. The van der Waals surface area contributed by atoms with Crippen LogP contribution in [-0.4, -0.2) is 65.1 Å². The smallest absolute Gasteiger partial charge is 0.320 e. The topological polar surface area (TPSA) is 84.3 Å². The minimum atomic E-state index is -0.270. The number of nitrogens with one attached hydrogen (secondary N) is 2.